The van der Waals surface area contributed by atoms with Gasteiger partial charge in [0.2, 0.25) is 7.57 Å². The van der Waals surface area contributed by atoms with E-state index in [4.69, 9.17) is 33.0 Å². The van der Waals surface area contributed by atoms with E-state index < -0.39 is 85.4 Å². The maximum atomic E-state index is 12.6. The number of unbranched alkanes of at least 4 members (excludes halogenated alkanes) is 9. The molecule has 0 aliphatic carbocycles. The molecule has 88 heavy (non-hydrogen) atoms. The number of aliphatic hydroxyl groups excluding tert-OH is 4. The number of nitrogen functional groups attached to an aromatic ring is 2. The molecule has 504 valence electrons. The average Bonchev–Trinajstić information content (AvgIpc) is 2.57. The van der Waals surface area contributed by atoms with Gasteiger partial charge in [0.05, 0.1) is 25.9 Å². The molecular weight excluding hydrogens is 1200 g/mol. The predicted octanol–water partition coefficient (Wildman–Crippen LogP) is 8.68. The van der Waals surface area contributed by atoms with Crippen molar-refractivity contribution in [1.82, 2.24) is 53.7 Å². The second kappa shape index (κ2) is 42.2. The van der Waals surface area contributed by atoms with Crippen molar-refractivity contribution in [3.05, 3.63) is 25.3 Å². The first-order valence-corrected chi connectivity index (χ1v) is 36.4. The summed E-state index contributed by atoms with van der Waals surface area (Å²) < 4.78 is 69.0. The molecule has 2 radical (unpaired) electrons. The van der Waals surface area contributed by atoms with Gasteiger partial charge < -0.3 is 70.4 Å². The van der Waals surface area contributed by atoms with Gasteiger partial charge in [-0.15, -0.1) is 0 Å². The minimum absolute atomic E-state index is 0.0247. The summed E-state index contributed by atoms with van der Waals surface area (Å²) >= 11 is 0. The molecule has 3 unspecified atom stereocenters. The zero-order chi connectivity index (χ0) is 65.3. The third kappa shape index (κ3) is 27.2. The number of hydrogen-bond donors (Lipinski definition) is 8. The lowest BCUT2D eigenvalue weighted by atomic mass is 10.1. The summed E-state index contributed by atoms with van der Waals surface area (Å²) in [6, 6.07) is 0. The summed E-state index contributed by atoms with van der Waals surface area (Å²) in [5.41, 5.74) is 12.1. The van der Waals surface area contributed by atoms with E-state index in [2.05, 4.69) is 120 Å². The molecule has 0 spiro atoms. The van der Waals surface area contributed by atoms with Crippen LogP contribution in [0.5, 0.6) is 0 Å². The van der Waals surface area contributed by atoms with Crippen LogP contribution in [0, 0.1) is 0 Å². The molecule has 0 aromatic carbocycles. The van der Waals surface area contributed by atoms with Gasteiger partial charge in [-0.05, 0) is 117 Å². The molecule has 4 aromatic heterocycles. The van der Waals surface area contributed by atoms with Gasteiger partial charge in [-0.25, -0.2) is 43.3 Å². The van der Waals surface area contributed by atoms with Crippen molar-refractivity contribution in [2.75, 3.05) is 83.6 Å². The SMILES string of the molecule is CCCCN(CCCC)CCCC.CCCCN(CCCC)CCCC.CCCCN(CCCC)CCCC.[B]P(=O)(OC[C@H]1O[C@@H](n2cnc3c(N)ncnc32)[C@H](O)[C@@H]1O)OP(=O)(O)OP(=O)(O)OC[C@H]1O[C@@H](n2cnc3c(N)ncnc32)[C@H](O)[C@@H]1O. The van der Waals surface area contributed by atoms with E-state index in [0.717, 1.165) is 12.7 Å². The van der Waals surface area contributed by atoms with Crippen molar-refractivity contribution >= 4 is 64.6 Å². The monoisotopic (exact) mass is 1310 g/mol. The Morgan fingerprint density at radius 1 is 0.466 bits per heavy atom. The Bertz CT molecular complexity index is 2420. The van der Waals surface area contributed by atoms with E-state index in [1.165, 1.54) is 196 Å². The molecule has 10 N–H and O–H groups in total. The lowest BCUT2D eigenvalue weighted by Gasteiger charge is -2.22. The second-order valence-corrected chi connectivity index (χ2v) is 27.0. The average molecular weight is 1310 g/mol. The third-order valence-electron chi connectivity index (χ3n) is 14.7. The number of imidazole rings is 2. The number of phosphoric acid groups is 2. The molecule has 32 heteroatoms. The van der Waals surface area contributed by atoms with Gasteiger partial charge in [-0.1, -0.05) is 120 Å². The van der Waals surface area contributed by atoms with Crippen molar-refractivity contribution < 1.29 is 71.1 Å². The molecule has 2 aliphatic rings. The van der Waals surface area contributed by atoms with Gasteiger partial charge in [0.25, 0.3) is 7.47 Å². The van der Waals surface area contributed by atoms with Gasteiger partial charge in [-0.2, -0.15) is 4.31 Å². The highest BCUT2D eigenvalue weighted by Gasteiger charge is 2.48. The van der Waals surface area contributed by atoms with Crippen molar-refractivity contribution in [3.8, 4) is 0 Å². The van der Waals surface area contributed by atoms with Crippen LogP contribution in [0.4, 0.5) is 11.6 Å². The fraction of sp³-hybridized carbons (Fsp3) is 0.821. The van der Waals surface area contributed by atoms with Crippen LogP contribution in [0.2, 0.25) is 0 Å². The largest absolute Gasteiger partial charge is 0.487 e. The van der Waals surface area contributed by atoms with E-state index in [1.807, 2.05) is 0 Å². The standard InChI is InChI=1S/C20H26BN10O15P3.3C12H27N/c21-47(36,41-1-7-11(32)13(34)19(43-7)30-5-28-9-15(22)24-3-26-17(9)30)45-49(39,40)46-48(37,38)42-2-8-12(33)14(35)20(44-8)31-6-29-10-16(23)25-4-27-18(10)31;3*1-4-7-10-13(11-8-5-2)12-9-6-3/h3-8,11-14,19-20,32-35H,1-2H2,(H,37,38)(H,39,40)(H2,22,24,26)(H2,23,25,27);3*4-12H2,1-3H3/t7-,8-,11-,12-,13-,14-,19-,20-,47?;;;/m1.../s1. The summed E-state index contributed by atoms with van der Waals surface area (Å²) in [6.45, 7) is 30.4. The molecular formula is C56H107BN13O15P3. The van der Waals surface area contributed by atoms with Crippen LogP contribution in [0.1, 0.15) is 190 Å². The number of nitrogens with two attached hydrogens (primary N) is 2. The quantitative estimate of drug-likeness (QED) is 0.0153. The lowest BCUT2D eigenvalue weighted by molar-refractivity contribution is -0.0504. The summed E-state index contributed by atoms with van der Waals surface area (Å²) in [4.78, 5) is 51.6. The number of anilines is 2. The molecule has 2 saturated heterocycles. The number of ether oxygens (including phenoxy) is 2. The Morgan fingerprint density at radius 3 is 1.06 bits per heavy atom. The molecule has 28 nitrogen and oxygen atoms in total. The Balaban J connectivity index is 0.000000420. The predicted molar refractivity (Wildman–Crippen MR) is 342 cm³/mol. The van der Waals surface area contributed by atoms with E-state index in [-0.39, 0.29) is 34.0 Å². The first-order valence-electron chi connectivity index (χ1n) is 31.8. The number of fused-ring (bicyclic) bond motifs is 2. The number of aromatic nitrogens is 8. The minimum atomic E-state index is -5.81. The number of phosphoric ester groups is 1. The smallest absolute Gasteiger partial charge is 0.387 e. The van der Waals surface area contributed by atoms with E-state index in [9.17, 15) is 43.9 Å². The summed E-state index contributed by atoms with van der Waals surface area (Å²) in [6.07, 6.45) is 16.7. The topological polar surface area (TPSA) is 377 Å². The van der Waals surface area contributed by atoms with Gasteiger partial charge in [0, 0.05) is 0 Å². The summed E-state index contributed by atoms with van der Waals surface area (Å²) in [7, 11) is -11.2. The first kappa shape index (κ1) is 79.1. The molecule has 6 rings (SSSR count). The highest BCUT2D eigenvalue weighted by molar-refractivity contribution is 7.84. The molecule has 11 atom stereocenters. The van der Waals surface area contributed by atoms with E-state index in [1.54, 1.807) is 0 Å². The van der Waals surface area contributed by atoms with Crippen molar-refractivity contribution in [3.63, 3.8) is 0 Å². The minimum Gasteiger partial charge on any atom is -0.387 e. The van der Waals surface area contributed by atoms with Crippen LogP contribution in [-0.4, -0.2) is 200 Å². The number of aliphatic hydroxyl groups is 4. The highest BCUT2D eigenvalue weighted by Crippen LogP contribution is 2.67. The fourth-order valence-electron chi connectivity index (χ4n) is 9.43. The molecule has 0 amide bonds. The number of hydrogen-bond acceptors (Lipinski definition) is 24. The third-order valence-corrected chi connectivity index (χ3v) is 19.1. The Kier molecular flexibility index (Phi) is 37.9. The second-order valence-electron chi connectivity index (χ2n) is 22.2. The Morgan fingerprint density at radius 2 is 0.761 bits per heavy atom. The van der Waals surface area contributed by atoms with Crippen LogP contribution in [0.3, 0.4) is 0 Å². The molecule has 2 aliphatic heterocycles. The van der Waals surface area contributed by atoms with Crippen LogP contribution < -0.4 is 11.5 Å². The Hall–Kier alpha value is -3.15. The van der Waals surface area contributed by atoms with Gasteiger partial charge >= 0.3 is 15.6 Å². The van der Waals surface area contributed by atoms with Crippen molar-refractivity contribution in [2.45, 2.75) is 227 Å². The summed E-state index contributed by atoms with van der Waals surface area (Å²) in [5.74, 6) is 0.0570. The zero-order valence-electron chi connectivity index (χ0n) is 53.8. The van der Waals surface area contributed by atoms with Crippen molar-refractivity contribution in [1.29, 1.82) is 0 Å². The van der Waals surface area contributed by atoms with E-state index >= 15 is 0 Å². The molecule has 4 aromatic rings. The highest BCUT2D eigenvalue weighted by atomic mass is 31.3. The number of nitrogens with zero attached hydrogens (tertiary/aromatic N) is 11. The van der Waals surface area contributed by atoms with Gasteiger partial charge in [0.1, 0.15) is 60.3 Å². The van der Waals surface area contributed by atoms with Crippen molar-refractivity contribution in [2.24, 2.45) is 0 Å². The normalized spacial score (nSPS) is 22.2. The molecule has 2 fully saturated rings. The maximum absolute atomic E-state index is 12.6. The van der Waals surface area contributed by atoms with Gasteiger partial charge in [0.15, 0.2) is 35.4 Å². The van der Waals surface area contributed by atoms with E-state index in [0.29, 0.717) is 0 Å². The van der Waals surface area contributed by atoms with Crippen LogP contribution >= 0.6 is 23.1 Å². The van der Waals surface area contributed by atoms with Gasteiger partial charge in [-0.3, -0.25) is 18.2 Å². The fourth-order valence-corrected chi connectivity index (χ4v) is 13.1. The van der Waals surface area contributed by atoms with Crippen LogP contribution in [0.15, 0.2) is 25.3 Å². The molecule has 6 heterocycles. The number of rotatable bonds is 39. The Labute approximate surface area is 523 Å². The zero-order valence-corrected chi connectivity index (χ0v) is 56.5. The molecule has 0 bridgehead atoms. The first-order chi connectivity index (χ1) is 42.0. The maximum Gasteiger partial charge on any atom is 0.487 e. The lowest BCUT2D eigenvalue weighted by Crippen LogP contribution is -2.33. The summed E-state index contributed by atoms with van der Waals surface area (Å²) in [5, 5.41) is 41.9. The van der Waals surface area contributed by atoms with Crippen LogP contribution in [-0.2, 0) is 40.8 Å². The molecule has 0 saturated carbocycles. The van der Waals surface area contributed by atoms with Crippen LogP contribution in [0.25, 0.3) is 22.3 Å².